The standard InChI is InChI=1S/C31H41ClFN7O3/c1-31(2,3)43-30(41)40-21-8-9-22(40)18-39(17-21)28-24-16-35-27(32)25(33)26(24)36-29(37-28)42-19-23-7-5-15-38(23)14-4-6-20-10-12-34-13-11-20/h5,7,15-16,20-22,34H,4,6,8-14,17-19H2,1-3H3/t21-,22-/m0/s1. The van der Waals surface area contributed by atoms with Gasteiger partial charge in [0.1, 0.15) is 23.5 Å². The number of halogens is 2. The summed E-state index contributed by atoms with van der Waals surface area (Å²) in [5.41, 5.74) is 0.505. The summed E-state index contributed by atoms with van der Waals surface area (Å²) >= 11 is 6.06. The fourth-order valence-electron chi connectivity index (χ4n) is 6.65. The van der Waals surface area contributed by atoms with E-state index in [2.05, 4.69) is 30.9 Å². The van der Waals surface area contributed by atoms with Crippen LogP contribution in [0.25, 0.3) is 10.9 Å². The van der Waals surface area contributed by atoms with Crippen molar-refractivity contribution >= 4 is 34.4 Å². The normalized spacial score (nSPS) is 21.0. The van der Waals surface area contributed by atoms with Gasteiger partial charge in [0.25, 0.3) is 0 Å². The van der Waals surface area contributed by atoms with E-state index in [4.69, 9.17) is 26.1 Å². The molecular formula is C31H41ClFN7O3. The lowest BCUT2D eigenvalue weighted by Gasteiger charge is -2.42. The number of nitrogens with zero attached hydrogens (tertiary/aromatic N) is 6. The third kappa shape index (κ3) is 6.67. The second-order valence-electron chi connectivity index (χ2n) is 12.9. The molecule has 0 unspecified atom stereocenters. The Morgan fingerprint density at radius 1 is 1.14 bits per heavy atom. The van der Waals surface area contributed by atoms with E-state index in [0.717, 1.165) is 50.5 Å². The van der Waals surface area contributed by atoms with Crippen LogP contribution in [-0.4, -0.2) is 74.4 Å². The number of amides is 1. The van der Waals surface area contributed by atoms with Crippen molar-refractivity contribution in [3.8, 4) is 6.01 Å². The summed E-state index contributed by atoms with van der Waals surface area (Å²) in [6.07, 6.45) is 9.82. The number of nitrogens with one attached hydrogen (secondary N) is 1. The van der Waals surface area contributed by atoms with Crippen LogP contribution in [0, 0.1) is 11.7 Å². The zero-order valence-electron chi connectivity index (χ0n) is 25.2. The molecule has 2 bridgehead atoms. The van der Waals surface area contributed by atoms with Gasteiger partial charge in [-0.2, -0.15) is 9.97 Å². The lowest BCUT2D eigenvalue weighted by Crippen LogP contribution is -2.57. The van der Waals surface area contributed by atoms with Gasteiger partial charge in [-0.15, -0.1) is 0 Å². The number of aryl methyl sites for hydroxylation is 1. The molecular weight excluding hydrogens is 573 g/mol. The Bertz CT molecular complexity index is 1440. The van der Waals surface area contributed by atoms with Crippen LogP contribution in [0.3, 0.4) is 0 Å². The van der Waals surface area contributed by atoms with Crippen molar-refractivity contribution in [3.63, 3.8) is 0 Å². The van der Waals surface area contributed by atoms with E-state index in [0.29, 0.717) is 24.3 Å². The van der Waals surface area contributed by atoms with Gasteiger partial charge in [0, 0.05) is 32.0 Å². The molecule has 3 saturated heterocycles. The molecule has 10 nitrogen and oxygen atoms in total. The van der Waals surface area contributed by atoms with Gasteiger partial charge >= 0.3 is 12.1 Å². The van der Waals surface area contributed by atoms with Gasteiger partial charge in [0.05, 0.1) is 23.2 Å². The first-order valence-corrected chi connectivity index (χ1v) is 15.8. The number of piperidine rings is 1. The fourth-order valence-corrected chi connectivity index (χ4v) is 6.79. The minimum Gasteiger partial charge on any atom is -0.457 e. The van der Waals surface area contributed by atoms with E-state index in [1.165, 1.54) is 25.5 Å². The molecule has 43 heavy (non-hydrogen) atoms. The van der Waals surface area contributed by atoms with Gasteiger partial charge in [-0.05, 0) is 90.4 Å². The highest BCUT2D eigenvalue weighted by Crippen LogP contribution is 2.37. The summed E-state index contributed by atoms with van der Waals surface area (Å²) in [5, 5.41) is 3.64. The largest absolute Gasteiger partial charge is 0.457 e. The SMILES string of the molecule is CC(C)(C)OC(=O)N1[C@H]2CC[C@H]1CN(c1nc(OCc3cccn3CCCC3CCNCC3)nc3c(F)c(Cl)ncc13)C2. The van der Waals surface area contributed by atoms with Crippen molar-refractivity contribution in [1.29, 1.82) is 0 Å². The first-order valence-electron chi connectivity index (χ1n) is 15.4. The van der Waals surface area contributed by atoms with Gasteiger partial charge in [0.2, 0.25) is 0 Å². The van der Waals surface area contributed by atoms with E-state index in [-0.39, 0.29) is 41.5 Å². The van der Waals surface area contributed by atoms with Crippen molar-refractivity contribution in [1.82, 2.24) is 29.7 Å². The molecule has 0 aliphatic carbocycles. The molecule has 0 saturated carbocycles. The first-order chi connectivity index (χ1) is 20.7. The van der Waals surface area contributed by atoms with Gasteiger partial charge in [-0.1, -0.05) is 11.6 Å². The molecule has 12 heteroatoms. The molecule has 6 heterocycles. The van der Waals surface area contributed by atoms with Crippen LogP contribution in [0.15, 0.2) is 24.5 Å². The van der Waals surface area contributed by atoms with Crippen molar-refractivity contribution in [2.45, 2.75) is 90.1 Å². The minimum atomic E-state index is -0.704. The number of rotatable bonds is 8. The molecule has 6 rings (SSSR count). The van der Waals surface area contributed by atoms with Crippen molar-refractivity contribution in [2.75, 3.05) is 31.1 Å². The van der Waals surface area contributed by atoms with Crippen molar-refractivity contribution in [3.05, 3.63) is 41.2 Å². The lowest BCUT2D eigenvalue weighted by atomic mass is 9.93. The average Bonchev–Trinajstić information content (AvgIpc) is 3.54. The second-order valence-corrected chi connectivity index (χ2v) is 13.3. The third-order valence-electron chi connectivity index (χ3n) is 8.73. The Kier molecular flexibility index (Phi) is 8.64. The fraction of sp³-hybridized carbons (Fsp3) is 0.613. The maximum Gasteiger partial charge on any atom is 0.410 e. The summed E-state index contributed by atoms with van der Waals surface area (Å²) in [5.74, 6) is 0.615. The number of anilines is 1. The number of hydrogen-bond acceptors (Lipinski definition) is 8. The second kappa shape index (κ2) is 12.4. The Morgan fingerprint density at radius 3 is 2.60 bits per heavy atom. The third-order valence-corrected chi connectivity index (χ3v) is 8.99. The Hall–Kier alpha value is -3.18. The number of fused-ring (bicyclic) bond motifs is 3. The van der Waals surface area contributed by atoms with Crippen LogP contribution in [0.5, 0.6) is 6.01 Å². The Balaban J connectivity index is 1.19. The molecule has 0 aromatic carbocycles. The minimum absolute atomic E-state index is 0.0405. The van der Waals surface area contributed by atoms with E-state index in [1.807, 2.05) is 37.8 Å². The van der Waals surface area contributed by atoms with E-state index < -0.39 is 11.4 Å². The highest BCUT2D eigenvalue weighted by molar-refractivity contribution is 6.30. The predicted molar refractivity (Wildman–Crippen MR) is 163 cm³/mol. The topological polar surface area (TPSA) is 97.6 Å². The lowest BCUT2D eigenvalue weighted by molar-refractivity contribution is 0.0123. The number of piperazine rings is 1. The van der Waals surface area contributed by atoms with Crippen molar-refractivity contribution < 1.29 is 18.7 Å². The molecule has 1 amide bonds. The van der Waals surface area contributed by atoms with Gasteiger partial charge in [-0.25, -0.2) is 14.2 Å². The molecule has 232 valence electrons. The van der Waals surface area contributed by atoms with Crippen LogP contribution in [0.2, 0.25) is 5.15 Å². The quantitative estimate of drug-likeness (QED) is 0.330. The molecule has 2 atom stereocenters. The number of carbonyl (C=O) groups is 1. The molecule has 0 spiro atoms. The smallest absolute Gasteiger partial charge is 0.410 e. The van der Waals surface area contributed by atoms with Crippen LogP contribution < -0.4 is 15.0 Å². The van der Waals surface area contributed by atoms with Crippen LogP contribution >= 0.6 is 11.6 Å². The highest BCUT2D eigenvalue weighted by Gasteiger charge is 2.45. The summed E-state index contributed by atoms with van der Waals surface area (Å²) < 4.78 is 29.3. The van der Waals surface area contributed by atoms with Gasteiger partial charge in [-0.3, -0.25) is 4.90 Å². The number of carbonyl (C=O) groups excluding carboxylic acids is 1. The molecule has 3 aromatic heterocycles. The van der Waals surface area contributed by atoms with E-state index in [9.17, 15) is 4.79 Å². The predicted octanol–water partition coefficient (Wildman–Crippen LogP) is 5.57. The Labute approximate surface area is 256 Å². The highest BCUT2D eigenvalue weighted by atomic mass is 35.5. The first kappa shape index (κ1) is 29.9. The van der Waals surface area contributed by atoms with Gasteiger partial charge < -0.3 is 24.3 Å². The zero-order valence-corrected chi connectivity index (χ0v) is 25.9. The molecule has 1 N–H and O–H groups in total. The average molecular weight is 614 g/mol. The molecule has 0 radical (unpaired) electrons. The number of hydrogen-bond donors (Lipinski definition) is 1. The summed E-state index contributed by atoms with van der Waals surface area (Å²) in [6, 6.07) is 4.04. The molecule has 3 aliphatic rings. The monoisotopic (exact) mass is 613 g/mol. The van der Waals surface area contributed by atoms with Crippen LogP contribution in [0.4, 0.5) is 15.0 Å². The Morgan fingerprint density at radius 2 is 1.88 bits per heavy atom. The number of pyridine rings is 1. The zero-order chi connectivity index (χ0) is 30.1. The molecule has 3 aromatic rings. The summed E-state index contributed by atoms with van der Waals surface area (Å²) in [4.78, 5) is 30.2. The van der Waals surface area contributed by atoms with E-state index in [1.54, 1.807) is 0 Å². The van der Waals surface area contributed by atoms with Crippen LogP contribution in [-0.2, 0) is 17.9 Å². The molecule has 3 fully saturated rings. The summed E-state index contributed by atoms with van der Waals surface area (Å²) in [6.45, 7) is 10.1. The van der Waals surface area contributed by atoms with Crippen LogP contribution in [0.1, 0.15) is 65.0 Å². The van der Waals surface area contributed by atoms with Crippen molar-refractivity contribution in [2.24, 2.45) is 5.92 Å². The summed E-state index contributed by atoms with van der Waals surface area (Å²) in [7, 11) is 0. The number of ether oxygens (including phenoxy) is 2. The maximum atomic E-state index is 15.3. The van der Waals surface area contributed by atoms with E-state index >= 15 is 4.39 Å². The maximum absolute atomic E-state index is 15.3. The molecule has 3 aliphatic heterocycles. The number of aromatic nitrogens is 4. The van der Waals surface area contributed by atoms with Gasteiger partial charge in [0.15, 0.2) is 11.0 Å².